The molecule has 2 aliphatic rings. The molecule has 1 saturated heterocycles. The molecule has 1 N–H and O–H groups in total. The summed E-state index contributed by atoms with van der Waals surface area (Å²) < 4.78 is 0. The van der Waals surface area contributed by atoms with E-state index < -0.39 is 11.9 Å². The van der Waals surface area contributed by atoms with Crippen LogP contribution >= 0.6 is 0 Å². The van der Waals surface area contributed by atoms with E-state index >= 15 is 0 Å². The smallest absolute Gasteiger partial charge is 0.308 e. The topological polar surface area (TPSA) is 77.9 Å². The van der Waals surface area contributed by atoms with Crippen LogP contribution in [0.25, 0.3) is 0 Å². The van der Waals surface area contributed by atoms with Crippen LogP contribution in [-0.4, -0.2) is 59.4 Å². The molecule has 1 fully saturated rings. The van der Waals surface area contributed by atoms with Crippen molar-refractivity contribution in [1.82, 2.24) is 9.80 Å². The molecule has 1 aliphatic carbocycles. The number of hydrogen-bond donors (Lipinski definition) is 1. The van der Waals surface area contributed by atoms with Crippen molar-refractivity contribution in [3.8, 4) is 0 Å². The van der Waals surface area contributed by atoms with Crippen LogP contribution in [0.15, 0.2) is 24.3 Å². The third-order valence-corrected chi connectivity index (χ3v) is 5.30. The summed E-state index contributed by atoms with van der Waals surface area (Å²) in [5.74, 6) is -1.75. The first-order valence-electron chi connectivity index (χ1n) is 8.80. The number of carboxylic acid groups (broad SMARTS) is 1. The number of aryl methyl sites for hydroxylation is 1. The number of benzene rings is 1. The van der Waals surface area contributed by atoms with Gasteiger partial charge < -0.3 is 14.9 Å². The van der Waals surface area contributed by atoms with Gasteiger partial charge in [-0.15, -0.1) is 0 Å². The van der Waals surface area contributed by atoms with Crippen molar-refractivity contribution in [2.24, 2.45) is 5.92 Å². The molecule has 0 bridgehead atoms. The molecule has 25 heavy (non-hydrogen) atoms. The van der Waals surface area contributed by atoms with Gasteiger partial charge in [0.1, 0.15) is 0 Å². The second-order valence-electron chi connectivity index (χ2n) is 7.00. The molecule has 0 saturated carbocycles. The summed E-state index contributed by atoms with van der Waals surface area (Å²) in [4.78, 5) is 39.4. The summed E-state index contributed by atoms with van der Waals surface area (Å²) in [5.41, 5.74) is 2.27. The number of carbonyl (C=O) groups is 3. The predicted molar refractivity (Wildman–Crippen MR) is 92.1 cm³/mol. The molecule has 1 heterocycles. The highest BCUT2D eigenvalue weighted by Gasteiger charge is 2.33. The molecule has 1 aromatic carbocycles. The van der Waals surface area contributed by atoms with Crippen LogP contribution in [0.3, 0.4) is 0 Å². The lowest BCUT2D eigenvalue weighted by Crippen LogP contribution is -2.47. The second kappa shape index (κ2) is 7.25. The summed E-state index contributed by atoms with van der Waals surface area (Å²) in [6, 6.07) is 7.96. The van der Waals surface area contributed by atoms with Crippen molar-refractivity contribution < 1.29 is 19.5 Å². The number of likely N-dealkylation sites (tertiary alicyclic amines) is 1. The summed E-state index contributed by atoms with van der Waals surface area (Å²) in [7, 11) is 1.65. The fourth-order valence-electron chi connectivity index (χ4n) is 3.87. The number of amides is 2. The Morgan fingerprint density at radius 2 is 2.00 bits per heavy atom. The van der Waals surface area contributed by atoms with Gasteiger partial charge in [-0.1, -0.05) is 24.3 Å². The van der Waals surface area contributed by atoms with Gasteiger partial charge in [0.15, 0.2) is 0 Å². The maximum atomic E-state index is 12.8. The average molecular weight is 344 g/mol. The molecule has 1 aliphatic heterocycles. The van der Waals surface area contributed by atoms with Gasteiger partial charge in [-0.25, -0.2) is 0 Å². The van der Waals surface area contributed by atoms with Crippen molar-refractivity contribution in [2.75, 3.05) is 26.7 Å². The molecule has 2 unspecified atom stereocenters. The molecule has 134 valence electrons. The van der Waals surface area contributed by atoms with E-state index in [9.17, 15) is 14.4 Å². The monoisotopic (exact) mass is 344 g/mol. The minimum absolute atomic E-state index is 0.00381. The van der Waals surface area contributed by atoms with Crippen LogP contribution in [0.2, 0.25) is 0 Å². The van der Waals surface area contributed by atoms with Crippen molar-refractivity contribution in [3.63, 3.8) is 0 Å². The molecule has 0 aromatic heterocycles. The van der Waals surface area contributed by atoms with E-state index in [-0.39, 0.29) is 30.8 Å². The number of likely N-dealkylation sites (N-methyl/N-ethyl adjacent to an activating group) is 1. The van der Waals surface area contributed by atoms with Gasteiger partial charge in [-0.05, 0) is 36.8 Å². The number of fused-ring (bicyclic) bond motifs is 1. The third kappa shape index (κ3) is 3.67. The van der Waals surface area contributed by atoms with E-state index in [1.165, 1.54) is 10.5 Å². The lowest BCUT2D eigenvalue weighted by molar-refractivity contribution is -0.147. The first-order chi connectivity index (χ1) is 12.0. The van der Waals surface area contributed by atoms with Gasteiger partial charge >= 0.3 is 5.97 Å². The Balaban J connectivity index is 1.60. The van der Waals surface area contributed by atoms with Gasteiger partial charge in [0, 0.05) is 20.1 Å². The van der Waals surface area contributed by atoms with Crippen LogP contribution in [0.1, 0.15) is 36.3 Å². The molecule has 6 heteroatoms. The van der Waals surface area contributed by atoms with E-state index in [0.29, 0.717) is 19.4 Å². The molecule has 0 spiro atoms. The Morgan fingerprint density at radius 1 is 1.24 bits per heavy atom. The number of aliphatic carboxylic acids is 1. The zero-order valence-corrected chi connectivity index (χ0v) is 14.5. The lowest BCUT2D eigenvalue weighted by atomic mass is 9.98. The van der Waals surface area contributed by atoms with Crippen molar-refractivity contribution in [1.29, 1.82) is 0 Å². The van der Waals surface area contributed by atoms with Gasteiger partial charge in [-0.2, -0.15) is 0 Å². The fraction of sp³-hybridized carbons (Fsp3) is 0.526. The van der Waals surface area contributed by atoms with E-state index in [2.05, 4.69) is 0 Å². The van der Waals surface area contributed by atoms with Crippen molar-refractivity contribution in [3.05, 3.63) is 35.4 Å². The van der Waals surface area contributed by atoms with Gasteiger partial charge in [0.25, 0.3) is 0 Å². The Hall–Kier alpha value is -2.37. The number of rotatable bonds is 4. The van der Waals surface area contributed by atoms with E-state index in [1.54, 1.807) is 11.9 Å². The van der Waals surface area contributed by atoms with Crippen molar-refractivity contribution >= 4 is 17.8 Å². The summed E-state index contributed by atoms with van der Waals surface area (Å²) in [6.07, 6.45) is 2.96. The van der Waals surface area contributed by atoms with E-state index in [0.717, 1.165) is 18.4 Å². The number of carboxylic acids is 1. The Morgan fingerprint density at radius 3 is 2.76 bits per heavy atom. The maximum absolute atomic E-state index is 12.8. The number of nitrogens with zero attached hydrogens (tertiary/aromatic N) is 2. The highest BCUT2D eigenvalue weighted by atomic mass is 16.4. The molecule has 2 atom stereocenters. The molecule has 0 radical (unpaired) electrons. The van der Waals surface area contributed by atoms with Crippen LogP contribution in [-0.2, 0) is 20.8 Å². The van der Waals surface area contributed by atoms with Gasteiger partial charge in [0.05, 0.1) is 18.4 Å². The normalized spacial score (nSPS) is 22.4. The van der Waals surface area contributed by atoms with Gasteiger partial charge in [0.2, 0.25) is 11.8 Å². The Bertz CT molecular complexity index is 688. The van der Waals surface area contributed by atoms with Gasteiger partial charge in [-0.3, -0.25) is 14.4 Å². The zero-order valence-electron chi connectivity index (χ0n) is 14.5. The summed E-state index contributed by atoms with van der Waals surface area (Å²) in [5, 5.41) is 9.14. The minimum Gasteiger partial charge on any atom is -0.481 e. The van der Waals surface area contributed by atoms with E-state index in [4.69, 9.17) is 5.11 Å². The SMILES string of the molecule is CN(CC(=O)N1CCCC(C(=O)O)C1)C(=O)C1CCc2ccccc21. The summed E-state index contributed by atoms with van der Waals surface area (Å²) in [6.45, 7) is 0.809. The maximum Gasteiger partial charge on any atom is 0.308 e. The number of hydrogen-bond acceptors (Lipinski definition) is 3. The van der Waals surface area contributed by atoms with Crippen LogP contribution in [0.4, 0.5) is 0 Å². The van der Waals surface area contributed by atoms with Crippen LogP contribution in [0.5, 0.6) is 0 Å². The van der Waals surface area contributed by atoms with Crippen LogP contribution < -0.4 is 0 Å². The fourth-order valence-corrected chi connectivity index (χ4v) is 3.87. The lowest BCUT2D eigenvalue weighted by Gasteiger charge is -2.32. The molecule has 3 rings (SSSR count). The zero-order chi connectivity index (χ0) is 18.0. The first-order valence-corrected chi connectivity index (χ1v) is 8.80. The molecule has 2 amide bonds. The van der Waals surface area contributed by atoms with Crippen molar-refractivity contribution in [2.45, 2.75) is 31.6 Å². The highest BCUT2D eigenvalue weighted by molar-refractivity contribution is 5.89. The molecule has 6 nitrogen and oxygen atoms in total. The molecule has 1 aromatic rings. The Labute approximate surface area is 147 Å². The third-order valence-electron chi connectivity index (χ3n) is 5.30. The van der Waals surface area contributed by atoms with Crippen LogP contribution in [0, 0.1) is 5.92 Å². The first kappa shape index (κ1) is 17.5. The standard InChI is InChI=1S/C19H24N2O4/c1-20(12-17(22)21-10-4-6-14(11-21)19(24)25)18(23)16-9-8-13-5-2-3-7-15(13)16/h2-3,5,7,14,16H,4,6,8-12H2,1H3,(H,24,25). The quantitative estimate of drug-likeness (QED) is 0.898. The van der Waals surface area contributed by atoms with E-state index in [1.807, 2.05) is 24.3 Å². The molecular formula is C19H24N2O4. The number of carbonyl (C=O) groups excluding carboxylic acids is 2. The Kier molecular flexibility index (Phi) is 5.06. The largest absolute Gasteiger partial charge is 0.481 e. The second-order valence-corrected chi connectivity index (χ2v) is 7.00. The average Bonchev–Trinajstić information content (AvgIpc) is 3.05. The molecular weight excluding hydrogens is 320 g/mol. The number of piperidine rings is 1. The predicted octanol–water partition coefficient (Wildman–Crippen LogP) is 1.50. The highest BCUT2D eigenvalue weighted by Crippen LogP contribution is 2.34. The summed E-state index contributed by atoms with van der Waals surface area (Å²) >= 11 is 0. The minimum atomic E-state index is -0.857.